The van der Waals surface area contributed by atoms with Gasteiger partial charge in [0, 0.05) is 12.6 Å². The number of benzene rings is 1. The first kappa shape index (κ1) is 15.8. The Balaban J connectivity index is 2.48. The van der Waals surface area contributed by atoms with E-state index in [1.54, 1.807) is 6.92 Å². The predicted molar refractivity (Wildman–Crippen MR) is 70.1 cm³/mol. The molecule has 116 valence electrons. The van der Waals surface area contributed by atoms with Crippen molar-refractivity contribution < 1.29 is 27.1 Å². The van der Waals surface area contributed by atoms with E-state index in [4.69, 9.17) is 0 Å². The number of sulfonamides is 1. The Hall–Kier alpha value is -1.54. The second-order valence-electron chi connectivity index (χ2n) is 5.12. The molecule has 1 aliphatic rings. The summed E-state index contributed by atoms with van der Waals surface area (Å²) in [5.41, 5.74) is 0. The van der Waals surface area contributed by atoms with Crippen LogP contribution in [0.3, 0.4) is 0 Å². The minimum Gasteiger partial charge on any atom is -0.480 e. The van der Waals surface area contributed by atoms with Crippen LogP contribution in [-0.2, 0) is 14.8 Å². The molecule has 1 fully saturated rings. The topological polar surface area (TPSA) is 74.7 Å². The number of aliphatic carboxylic acids is 1. The highest BCUT2D eigenvalue weighted by atomic mass is 32.2. The molecule has 1 aromatic rings. The number of carboxylic acid groups (broad SMARTS) is 1. The standard InChI is InChI=1S/C13H15F2NO4S/c1-8-3-2-4-16(12(8)13(17)18)21(19,20)11-6-9(14)5-10(15)7-11/h5-8,12H,2-4H2,1H3,(H,17,18). The summed E-state index contributed by atoms with van der Waals surface area (Å²) in [7, 11) is -4.26. The highest BCUT2D eigenvalue weighted by molar-refractivity contribution is 7.89. The van der Waals surface area contributed by atoms with Gasteiger partial charge in [0.2, 0.25) is 10.0 Å². The highest BCUT2D eigenvalue weighted by Crippen LogP contribution is 2.29. The van der Waals surface area contributed by atoms with Crippen molar-refractivity contribution in [1.29, 1.82) is 0 Å². The second kappa shape index (κ2) is 5.69. The number of halogens is 2. The quantitative estimate of drug-likeness (QED) is 0.922. The van der Waals surface area contributed by atoms with Crippen molar-refractivity contribution in [2.75, 3.05) is 6.54 Å². The number of carbonyl (C=O) groups is 1. The van der Waals surface area contributed by atoms with Gasteiger partial charge in [0.05, 0.1) is 4.90 Å². The molecule has 1 saturated heterocycles. The molecule has 5 nitrogen and oxygen atoms in total. The highest BCUT2D eigenvalue weighted by Gasteiger charge is 2.41. The van der Waals surface area contributed by atoms with E-state index in [0.29, 0.717) is 31.0 Å². The number of nitrogens with zero attached hydrogens (tertiary/aromatic N) is 1. The maximum absolute atomic E-state index is 13.2. The summed E-state index contributed by atoms with van der Waals surface area (Å²) in [5.74, 6) is -3.68. The maximum Gasteiger partial charge on any atom is 0.322 e. The molecular formula is C13H15F2NO4S. The Morgan fingerprint density at radius 1 is 1.29 bits per heavy atom. The zero-order valence-electron chi connectivity index (χ0n) is 11.3. The van der Waals surface area contributed by atoms with Crippen LogP contribution in [0.4, 0.5) is 8.78 Å². The van der Waals surface area contributed by atoms with Gasteiger partial charge >= 0.3 is 5.97 Å². The van der Waals surface area contributed by atoms with Crippen molar-refractivity contribution in [3.05, 3.63) is 29.8 Å². The molecule has 2 unspecified atom stereocenters. The Morgan fingerprint density at radius 2 is 1.86 bits per heavy atom. The molecule has 1 aliphatic heterocycles. The zero-order valence-corrected chi connectivity index (χ0v) is 12.1. The van der Waals surface area contributed by atoms with Crippen LogP contribution in [0.5, 0.6) is 0 Å². The number of piperidine rings is 1. The Morgan fingerprint density at radius 3 is 2.38 bits per heavy atom. The monoisotopic (exact) mass is 319 g/mol. The molecule has 0 bridgehead atoms. The molecule has 2 atom stereocenters. The van der Waals surface area contributed by atoms with Gasteiger partial charge in [0.15, 0.2) is 0 Å². The Bertz CT molecular complexity index is 642. The Labute approximate surface area is 121 Å². The first-order valence-corrected chi connectivity index (χ1v) is 7.88. The first-order chi connectivity index (χ1) is 9.73. The lowest BCUT2D eigenvalue weighted by Crippen LogP contribution is -2.51. The third-order valence-electron chi connectivity index (χ3n) is 3.58. The van der Waals surface area contributed by atoms with E-state index in [9.17, 15) is 27.1 Å². The second-order valence-corrected chi connectivity index (χ2v) is 7.01. The van der Waals surface area contributed by atoms with Gasteiger partial charge in [-0.25, -0.2) is 17.2 Å². The van der Waals surface area contributed by atoms with Gasteiger partial charge in [0.25, 0.3) is 0 Å². The smallest absolute Gasteiger partial charge is 0.322 e. The third-order valence-corrected chi connectivity index (χ3v) is 5.44. The van der Waals surface area contributed by atoms with Crippen molar-refractivity contribution in [2.45, 2.75) is 30.7 Å². The van der Waals surface area contributed by atoms with Crippen LogP contribution in [0.2, 0.25) is 0 Å². The van der Waals surface area contributed by atoms with Crippen molar-refractivity contribution in [1.82, 2.24) is 4.31 Å². The van der Waals surface area contributed by atoms with E-state index in [-0.39, 0.29) is 12.5 Å². The van der Waals surface area contributed by atoms with Gasteiger partial charge in [0.1, 0.15) is 17.7 Å². The maximum atomic E-state index is 13.2. The SMILES string of the molecule is CC1CCCN(S(=O)(=O)c2cc(F)cc(F)c2)C1C(=O)O. The molecule has 0 saturated carbocycles. The van der Waals surface area contributed by atoms with Gasteiger partial charge in [-0.3, -0.25) is 4.79 Å². The van der Waals surface area contributed by atoms with E-state index in [1.165, 1.54) is 0 Å². The van der Waals surface area contributed by atoms with E-state index in [0.717, 1.165) is 4.31 Å². The molecular weight excluding hydrogens is 304 g/mol. The lowest BCUT2D eigenvalue weighted by molar-refractivity contribution is -0.144. The van der Waals surface area contributed by atoms with E-state index in [1.807, 2.05) is 0 Å². The summed E-state index contributed by atoms with van der Waals surface area (Å²) in [4.78, 5) is 10.8. The first-order valence-electron chi connectivity index (χ1n) is 6.44. The number of rotatable bonds is 3. The fourth-order valence-electron chi connectivity index (χ4n) is 2.60. The minimum absolute atomic E-state index is 0.0156. The van der Waals surface area contributed by atoms with Crippen molar-refractivity contribution in [3.8, 4) is 0 Å². The molecule has 0 aliphatic carbocycles. The fraction of sp³-hybridized carbons (Fsp3) is 0.462. The number of hydrogen-bond acceptors (Lipinski definition) is 3. The summed E-state index contributed by atoms with van der Waals surface area (Å²) in [6, 6.07) is 0.717. The lowest BCUT2D eigenvalue weighted by atomic mass is 9.93. The number of hydrogen-bond donors (Lipinski definition) is 1. The minimum atomic E-state index is -4.26. The average molecular weight is 319 g/mol. The fourth-order valence-corrected chi connectivity index (χ4v) is 4.36. The number of carboxylic acids is 1. The molecule has 2 rings (SSSR count). The van der Waals surface area contributed by atoms with Crippen LogP contribution in [0.25, 0.3) is 0 Å². The van der Waals surface area contributed by atoms with Gasteiger partial charge in [-0.05, 0) is 30.9 Å². The van der Waals surface area contributed by atoms with Crippen molar-refractivity contribution >= 4 is 16.0 Å². The molecule has 0 aromatic heterocycles. The molecule has 1 heterocycles. The van der Waals surface area contributed by atoms with Crippen LogP contribution in [0.1, 0.15) is 19.8 Å². The van der Waals surface area contributed by atoms with Crippen LogP contribution < -0.4 is 0 Å². The summed E-state index contributed by atoms with van der Waals surface area (Å²) < 4.78 is 52.2. The van der Waals surface area contributed by atoms with E-state index < -0.39 is 38.6 Å². The van der Waals surface area contributed by atoms with Crippen molar-refractivity contribution in [2.24, 2.45) is 5.92 Å². The van der Waals surface area contributed by atoms with Crippen LogP contribution in [-0.4, -0.2) is 36.4 Å². The van der Waals surface area contributed by atoms with Gasteiger partial charge in [-0.1, -0.05) is 6.92 Å². The summed E-state index contributed by atoms with van der Waals surface area (Å²) >= 11 is 0. The summed E-state index contributed by atoms with van der Waals surface area (Å²) in [6.07, 6.45) is 1.09. The van der Waals surface area contributed by atoms with Gasteiger partial charge < -0.3 is 5.11 Å². The largest absolute Gasteiger partial charge is 0.480 e. The van der Waals surface area contributed by atoms with E-state index in [2.05, 4.69) is 0 Å². The molecule has 1 aromatic carbocycles. The van der Waals surface area contributed by atoms with Crippen LogP contribution in [0, 0.1) is 17.6 Å². The van der Waals surface area contributed by atoms with E-state index >= 15 is 0 Å². The Kier molecular flexibility index (Phi) is 4.29. The van der Waals surface area contributed by atoms with Crippen LogP contribution in [0.15, 0.2) is 23.1 Å². The van der Waals surface area contributed by atoms with Crippen molar-refractivity contribution in [3.63, 3.8) is 0 Å². The molecule has 0 amide bonds. The summed E-state index contributed by atoms with van der Waals surface area (Å²) in [6.45, 7) is 1.66. The van der Waals surface area contributed by atoms with Gasteiger partial charge in [-0.15, -0.1) is 0 Å². The molecule has 1 N–H and O–H groups in total. The average Bonchev–Trinajstić information content (AvgIpc) is 2.36. The normalized spacial score (nSPS) is 24.0. The molecule has 0 spiro atoms. The molecule has 0 radical (unpaired) electrons. The van der Waals surface area contributed by atoms with Gasteiger partial charge in [-0.2, -0.15) is 4.31 Å². The molecule has 21 heavy (non-hydrogen) atoms. The molecule has 8 heteroatoms. The predicted octanol–water partition coefficient (Wildman–Crippen LogP) is 1.84. The summed E-state index contributed by atoms with van der Waals surface area (Å²) in [5, 5.41) is 9.24. The lowest BCUT2D eigenvalue weighted by Gasteiger charge is -2.36. The zero-order chi connectivity index (χ0) is 15.8. The third kappa shape index (κ3) is 3.06. The van der Waals surface area contributed by atoms with Crippen LogP contribution >= 0.6 is 0 Å².